The van der Waals surface area contributed by atoms with Gasteiger partial charge in [-0.05, 0) is 25.8 Å². The van der Waals surface area contributed by atoms with E-state index in [0.717, 1.165) is 23.3 Å². The number of aliphatic hydroxyl groups is 1. The van der Waals surface area contributed by atoms with Gasteiger partial charge in [0.05, 0.1) is 6.10 Å². The highest BCUT2D eigenvalue weighted by Gasteiger charge is 2.10. The molecule has 1 rings (SSSR count). The van der Waals surface area contributed by atoms with Crippen LogP contribution in [-0.4, -0.2) is 10.1 Å². The summed E-state index contributed by atoms with van der Waals surface area (Å²) >= 11 is 0. The Hall–Kier alpha value is -1.15. The van der Waals surface area contributed by atoms with E-state index in [1.54, 1.807) is 6.20 Å². The third-order valence-electron chi connectivity index (χ3n) is 2.39. The van der Waals surface area contributed by atoms with E-state index in [2.05, 4.69) is 11.6 Å². The topological polar surface area (TPSA) is 33.1 Å². The summed E-state index contributed by atoms with van der Waals surface area (Å²) in [5, 5.41) is 9.90. The molecule has 1 atom stereocenters. The molecule has 0 amide bonds. The quantitative estimate of drug-likeness (QED) is 0.742. The number of aromatic nitrogens is 1. The largest absolute Gasteiger partial charge is 0.388 e. The average Bonchev–Trinajstić information content (AvgIpc) is 2.18. The van der Waals surface area contributed by atoms with Gasteiger partial charge in [-0.15, -0.1) is 0 Å². The molecule has 2 nitrogen and oxygen atoms in total. The van der Waals surface area contributed by atoms with E-state index in [4.69, 9.17) is 0 Å². The van der Waals surface area contributed by atoms with Crippen molar-refractivity contribution in [1.29, 1.82) is 0 Å². The van der Waals surface area contributed by atoms with Crippen molar-refractivity contribution >= 4 is 0 Å². The predicted molar refractivity (Wildman–Crippen MR) is 58.0 cm³/mol. The van der Waals surface area contributed by atoms with Crippen LogP contribution < -0.4 is 0 Å². The van der Waals surface area contributed by atoms with Gasteiger partial charge >= 0.3 is 0 Å². The van der Waals surface area contributed by atoms with Crippen LogP contribution >= 0.6 is 0 Å². The lowest BCUT2D eigenvalue weighted by Crippen LogP contribution is -2.02. The van der Waals surface area contributed by atoms with Crippen LogP contribution in [-0.2, 0) is 0 Å². The lowest BCUT2D eigenvalue weighted by Gasteiger charge is -2.13. The Labute approximate surface area is 85.3 Å². The van der Waals surface area contributed by atoms with Gasteiger partial charge in [0.15, 0.2) is 0 Å². The maximum absolute atomic E-state index is 9.90. The summed E-state index contributed by atoms with van der Waals surface area (Å²) in [5.41, 5.74) is 2.87. The van der Waals surface area contributed by atoms with Gasteiger partial charge in [0, 0.05) is 17.5 Å². The van der Waals surface area contributed by atoms with E-state index in [1.165, 1.54) is 0 Å². The Balaban J connectivity index is 2.74. The lowest BCUT2D eigenvalue weighted by molar-refractivity contribution is 0.176. The standard InChI is InChI=1S/C12H17NO/c1-4-9(2)8-12(14)11-6-5-7-13-10(11)3/h5-7,12,14H,2,4,8H2,1,3H3. The van der Waals surface area contributed by atoms with Crippen molar-refractivity contribution in [2.75, 3.05) is 0 Å². The molecule has 2 heteroatoms. The monoisotopic (exact) mass is 191 g/mol. The molecular weight excluding hydrogens is 174 g/mol. The molecular formula is C12H17NO. The first-order valence-corrected chi connectivity index (χ1v) is 4.91. The molecule has 0 aromatic carbocycles. The Morgan fingerprint density at radius 1 is 1.64 bits per heavy atom. The van der Waals surface area contributed by atoms with Crippen LogP contribution in [0.3, 0.4) is 0 Å². The molecule has 1 N–H and O–H groups in total. The number of aliphatic hydroxyl groups excluding tert-OH is 1. The Bertz CT molecular complexity index is 320. The van der Waals surface area contributed by atoms with Crippen molar-refractivity contribution in [3.8, 4) is 0 Å². The molecule has 0 radical (unpaired) electrons. The minimum absolute atomic E-state index is 0.462. The van der Waals surface area contributed by atoms with E-state index < -0.39 is 6.10 Å². The lowest BCUT2D eigenvalue weighted by atomic mass is 10.0. The fourth-order valence-electron chi connectivity index (χ4n) is 1.38. The molecule has 1 aromatic rings. The molecule has 1 aromatic heterocycles. The van der Waals surface area contributed by atoms with Crippen LogP contribution in [0.1, 0.15) is 37.1 Å². The zero-order chi connectivity index (χ0) is 10.6. The molecule has 1 unspecified atom stereocenters. The van der Waals surface area contributed by atoms with E-state index >= 15 is 0 Å². The van der Waals surface area contributed by atoms with Crippen molar-refractivity contribution in [3.05, 3.63) is 41.7 Å². The maximum atomic E-state index is 9.90. The van der Waals surface area contributed by atoms with Gasteiger partial charge in [-0.1, -0.05) is 25.1 Å². The van der Waals surface area contributed by atoms with Crippen molar-refractivity contribution < 1.29 is 5.11 Å². The van der Waals surface area contributed by atoms with Crippen LogP contribution in [0, 0.1) is 6.92 Å². The molecule has 0 spiro atoms. The third kappa shape index (κ3) is 2.67. The molecule has 0 aliphatic carbocycles. The van der Waals surface area contributed by atoms with Gasteiger partial charge in [0.2, 0.25) is 0 Å². The Morgan fingerprint density at radius 3 is 2.93 bits per heavy atom. The second kappa shape index (κ2) is 4.91. The molecule has 0 saturated carbocycles. The number of rotatable bonds is 4. The summed E-state index contributed by atoms with van der Waals surface area (Å²) in [6.07, 6.45) is 2.82. The summed E-state index contributed by atoms with van der Waals surface area (Å²) in [6, 6.07) is 3.76. The first-order valence-electron chi connectivity index (χ1n) is 4.91. The van der Waals surface area contributed by atoms with Gasteiger partial charge < -0.3 is 5.11 Å². The molecule has 14 heavy (non-hydrogen) atoms. The van der Waals surface area contributed by atoms with Crippen molar-refractivity contribution in [1.82, 2.24) is 4.98 Å². The van der Waals surface area contributed by atoms with Gasteiger partial charge in [0.1, 0.15) is 0 Å². The Morgan fingerprint density at radius 2 is 2.36 bits per heavy atom. The second-order valence-corrected chi connectivity index (χ2v) is 3.50. The highest BCUT2D eigenvalue weighted by molar-refractivity contribution is 5.22. The summed E-state index contributed by atoms with van der Waals surface area (Å²) in [4.78, 5) is 4.14. The van der Waals surface area contributed by atoms with Crippen molar-refractivity contribution in [3.63, 3.8) is 0 Å². The predicted octanol–water partition coefficient (Wildman–Crippen LogP) is 2.78. The second-order valence-electron chi connectivity index (χ2n) is 3.50. The summed E-state index contributed by atoms with van der Waals surface area (Å²) in [5.74, 6) is 0. The summed E-state index contributed by atoms with van der Waals surface area (Å²) in [6.45, 7) is 7.84. The normalized spacial score (nSPS) is 12.5. The maximum Gasteiger partial charge on any atom is 0.0844 e. The molecule has 0 aliphatic heterocycles. The highest BCUT2D eigenvalue weighted by atomic mass is 16.3. The summed E-state index contributed by atoms with van der Waals surface area (Å²) < 4.78 is 0. The Kier molecular flexibility index (Phi) is 3.84. The van der Waals surface area contributed by atoms with Gasteiger partial charge in [0.25, 0.3) is 0 Å². The van der Waals surface area contributed by atoms with Crippen LogP contribution in [0.25, 0.3) is 0 Å². The highest BCUT2D eigenvalue weighted by Crippen LogP contribution is 2.22. The van der Waals surface area contributed by atoms with Crippen LogP contribution in [0.15, 0.2) is 30.5 Å². The van der Waals surface area contributed by atoms with Gasteiger partial charge in [-0.2, -0.15) is 0 Å². The van der Waals surface area contributed by atoms with Crippen LogP contribution in [0.5, 0.6) is 0 Å². The number of hydrogen-bond acceptors (Lipinski definition) is 2. The summed E-state index contributed by atoms with van der Waals surface area (Å²) in [7, 11) is 0. The molecule has 76 valence electrons. The van der Waals surface area contributed by atoms with Gasteiger partial charge in [-0.3, -0.25) is 4.98 Å². The molecule has 0 saturated heterocycles. The number of hydrogen-bond donors (Lipinski definition) is 1. The molecule has 1 heterocycles. The fourth-order valence-corrected chi connectivity index (χ4v) is 1.38. The number of nitrogens with zero attached hydrogens (tertiary/aromatic N) is 1. The van der Waals surface area contributed by atoms with E-state index in [1.807, 2.05) is 26.0 Å². The van der Waals surface area contributed by atoms with Crippen LogP contribution in [0.2, 0.25) is 0 Å². The number of aryl methyl sites for hydroxylation is 1. The van der Waals surface area contributed by atoms with E-state index in [0.29, 0.717) is 6.42 Å². The van der Waals surface area contributed by atoms with E-state index in [9.17, 15) is 5.11 Å². The molecule has 0 aliphatic rings. The van der Waals surface area contributed by atoms with Crippen molar-refractivity contribution in [2.24, 2.45) is 0 Å². The molecule has 0 bridgehead atoms. The number of pyridine rings is 1. The SMILES string of the molecule is C=C(CC)CC(O)c1cccnc1C. The van der Waals surface area contributed by atoms with E-state index in [-0.39, 0.29) is 0 Å². The third-order valence-corrected chi connectivity index (χ3v) is 2.39. The van der Waals surface area contributed by atoms with Crippen LogP contribution in [0.4, 0.5) is 0 Å². The first kappa shape index (κ1) is 10.9. The smallest absolute Gasteiger partial charge is 0.0844 e. The zero-order valence-corrected chi connectivity index (χ0v) is 8.83. The first-order chi connectivity index (χ1) is 6.65. The zero-order valence-electron chi connectivity index (χ0n) is 8.83. The molecule has 0 fully saturated rings. The van der Waals surface area contributed by atoms with Gasteiger partial charge in [-0.25, -0.2) is 0 Å². The fraction of sp³-hybridized carbons (Fsp3) is 0.417. The minimum atomic E-state index is -0.462. The van der Waals surface area contributed by atoms with Crippen molar-refractivity contribution in [2.45, 2.75) is 32.8 Å². The average molecular weight is 191 g/mol. The minimum Gasteiger partial charge on any atom is -0.388 e.